The zero-order valence-corrected chi connectivity index (χ0v) is 18.2. The fraction of sp³-hybridized carbons (Fsp3) is 0.565. The molecule has 4 rings (SSSR count). The van der Waals surface area contributed by atoms with Gasteiger partial charge in [0, 0.05) is 26.2 Å². The highest BCUT2D eigenvalue weighted by atomic mass is 15.4. The minimum atomic E-state index is 0.515. The largest absolute Gasteiger partial charge is 0.341 e. The van der Waals surface area contributed by atoms with Gasteiger partial charge in [0.15, 0.2) is 0 Å². The molecule has 0 amide bonds. The molecule has 2 saturated heterocycles. The zero-order chi connectivity index (χ0) is 20.8. The van der Waals surface area contributed by atoms with Crippen molar-refractivity contribution >= 4 is 24.1 Å². The van der Waals surface area contributed by atoms with Crippen molar-refractivity contribution in [3.63, 3.8) is 0 Å². The maximum atomic E-state index is 4.81. The molecular formula is C23H33N7. The second kappa shape index (κ2) is 9.87. The maximum absolute atomic E-state index is 4.81. The van der Waals surface area contributed by atoms with Crippen LogP contribution in [0.2, 0.25) is 0 Å². The van der Waals surface area contributed by atoms with Gasteiger partial charge >= 0.3 is 0 Å². The smallest absolute Gasteiger partial charge is 0.250 e. The summed E-state index contributed by atoms with van der Waals surface area (Å²) in [5, 5.41) is 4.39. The molecule has 0 unspecified atom stereocenters. The highest BCUT2D eigenvalue weighted by Crippen LogP contribution is 2.22. The van der Waals surface area contributed by atoms with E-state index in [2.05, 4.69) is 68.4 Å². The summed E-state index contributed by atoms with van der Waals surface area (Å²) in [6.07, 6.45) is 9.15. The number of anilines is 3. The average molecular weight is 408 g/mol. The van der Waals surface area contributed by atoms with Gasteiger partial charge in [-0.2, -0.15) is 20.1 Å². The molecule has 2 aliphatic heterocycles. The van der Waals surface area contributed by atoms with E-state index in [1.54, 1.807) is 0 Å². The van der Waals surface area contributed by atoms with E-state index in [0.29, 0.717) is 11.9 Å². The van der Waals surface area contributed by atoms with Crippen LogP contribution in [-0.2, 0) is 0 Å². The van der Waals surface area contributed by atoms with Crippen LogP contribution in [0.25, 0.3) is 0 Å². The Bertz CT molecular complexity index is 799. The number of rotatable bonds is 6. The molecule has 0 saturated carbocycles. The number of aromatic nitrogens is 3. The van der Waals surface area contributed by atoms with Gasteiger partial charge in [-0.1, -0.05) is 38.1 Å². The normalized spacial score (nSPS) is 17.7. The average Bonchev–Trinajstić information content (AvgIpc) is 2.80. The summed E-state index contributed by atoms with van der Waals surface area (Å²) in [5.74, 6) is 2.58. The van der Waals surface area contributed by atoms with Crippen molar-refractivity contribution in [2.24, 2.45) is 5.10 Å². The Morgan fingerprint density at radius 1 is 0.800 bits per heavy atom. The summed E-state index contributed by atoms with van der Waals surface area (Å²) >= 11 is 0. The van der Waals surface area contributed by atoms with Crippen molar-refractivity contribution in [3.05, 3.63) is 35.4 Å². The summed E-state index contributed by atoms with van der Waals surface area (Å²) in [6.45, 7) is 8.43. The molecular weight excluding hydrogens is 374 g/mol. The Kier molecular flexibility index (Phi) is 6.77. The highest BCUT2D eigenvalue weighted by Gasteiger charge is 2.20. The van der Waals surface area contributed by atoms with Crippen molar-refractivity contribution in [1.82, 2.24) is 15.0 Å². The van der Waals surface area contributed by atoms with E-state index in [1.807, 2.05) is 6.21 Å². The molecule has 0 aliphatic carbocycles. The Balaban J connectivity index is 1.51. The maximum Gasteiger partial charge on any atom is 0.250 e. The van der Waals surface area contributed by atoms with Crippen molar-refractivity contribution in [2.75, 3.05) is 41.4 Å². The quantitative estimate of drug-likeness (QED) is 0.565. The lowest BCUT2D eigenvalue weighted by Crippen LogP contribution is -2.34. The lowest BCUT2D eigenvalue weighted by molar-refractivity contribution is 0.556. The third-order valence-corrected chi connectivity index (χ3v) is 5.87. The standard InChI is InChI=1S/C23H33N7/c1-18(2)20-11-9-19(10-12-20)17-24-28-21-25-22(29-13-5-3-6-14-29)27-23(26-21)30-15-7-4-8-16-30/h9-12,17-18H,3-8,13-16H2,1-2H3,(H,25,26,27,28)/b24-17+. The fourth-order valence-corrected chi connectivity index (χ4v) is 4.01. The second-order valence-electron chi connectivity index (χ2n) is 8.55. The number of hydrazone groups is 1. The number of nitrogens with zero attached hydrogens (tertiary/aromatic N) is 6. The van der Waals surface area contributed by atoms with E-state index in [9.17, 15) is 0 Å². The molecule has 2 aromatic rings. The van der Waals surface area contributed by atoms with Crippen LogP contribution in [0, 0.1) is 0 Å². The SMILES string of the molecule is CC(C)c1ccc(/C=N/Nc2nc(N3CCCCC3)nc(N3CCCCC3)n2)cc1. The number of hydrogen-bond acceptors (Lipinski definition) is 7. The molecule has 3 heterocycles. The van der Waals surface area contributed by atoms with E-state index < -0.39 is 0 Å². The molecule has 7 nitrogen and oxygen atoms in total. The number of benzene rings is 1. The third-order valence-electron chi connectivity index (χ3n) is 5.87. The molecule has 1 aromatic heterocycles. The molecule has 2 fully saturated rings. The van der Waals surface area contributed by atoms with E-state index in [4.69, 9.17) is 4.98 Å². The second-order valence-corrected chi connectivity index (χ2v) is 8.55. The molecule has 160 valence electrons. The number of nitrogens with one attached hydrogen (secondary N) is 1. The first-order valence-corrected chi connectivity index (χ1v) is 11.3. The minimum absolute atomic E-state index is 0.515. The summed E-state index contributed by atoms with van der Waals surface area (Å²) < 4.78 is 0. The van der Waals surface area contributed by atoms with E-state index in [1.165, 1.54) is 44.1 Å². The Hall–Kier alpha value is -2.70. The molecule has 2 aliphatic rings. The van der Waals surface area contributed by atoms with Gasteiger partial charge in [-0.15, -0.1) is 0 Å². The first-order chi connectivity index (χ1) is 14.7. The van der Waals surface area contributed by atoms with Crippen LogP contribution in [0.3, 0.4) is 0 Å². The monoisotopic (exact) mass is 407 g/mol. The first-order valence-electron chi connectivity index (χ1n) is 11.3. The Morgan fingerprint density at radius 2 is 1.33 bits per heavy atom. The summed E-state index contributed by atoms with van der Waals surface area (Å²) in [7, 11) is 0. The first kappa shape index (κ1) is 20.6. The van der Waals surface area contributed by atoms with Crippen molar-refractivity contribution < 1.29 is 0 Å². The van der Waals surface area contributed by atoms with Gasteiger partial charge in [0.2, 0.25) is 17.8 Å². The van der Waals surface area contributed by atoms with Crippen molar-refractivity contribution in [3.8, 4) is 0 Å². The lowest BCUT2D eigenvalue weighted by Gasteiger charge is -2.30. The topological polar surface area (TPSA) is 69.5 Å². The molecule has 1 N–H and O–H groups in total. The van der Waals surface area contributed by atoms with E-state index >= 15 is 0 Å². The molecule has 0 atom stereocenters. The van der Waals surface area contributed by atoms with Gasteiger partial charge in [-0.3, -0.25) is 0 Å². The van der Waals surface area contributed by atoms with Gasteiger partial charge in [0.05, 0.1) is 6.21 Å². The fourth-order valence-electron chi connectivity index (χ4n) is 4.01. The van der Waals surface area contributed by atoms with Crippen LogP contribution >= 0.6 is 0 Å². The van der Waals surface area contributed by atoms with Crippen LogP contribution in [-0.4, -0.2) is 47.3 Å². The van der Waals surface area contributed by atoms with Gasteiger partial charge in [-0.05, 0) is 55.6 Å². The molecule has 0 radical (unpaired) electrons. The Morgan fingerprint density at radius 3 is 1.83 bits per heavy atom. The van der Waals surface area contributed by atoms with Gasteiger partial charge in [0.1, 0.15) is 0 Å². The van der Waals surface area contributed by atoms with Crippen LogP contribution in [0.5, 0.6) is 0 Å². The van der Waals surface area contributed by atoms with Gasteiger partial charge < -0.3 is 9.80 Å². The van der Waals surface area contributed by atoms with E-state index in [0.717, 1.165) is 43.6 Å². The van der Waals surface area contributed by atoms with Crippen molar-refractivity contribution in [2.45, 2.75) is 58.3 Å². The molecule has 1 aromatic carbocycles. The predicted octanol–water partition coefficient (Wildman–Crippen LogP) is 4.42. The molecule has 0 bridgehead atoms. The zero-order valence-electron chi connectivity index (χ0n) is 18.2. The number of piperidine rings is 2. The van der Waals surface area contributed by atoms with Crippen LogP contribution in [0.15, 0.2) is 29.4 Å². The lowest BCUT2D eigenvalue weighted by atomic mass is 10.0. The third kappa shape index (κ3) is 5.26. The Labute approximate surface area is 179 Å². The predicted molar refractivity (Wildman–Crippen MR) is 124 cm³/mol. The molecule has 7 heteroatoms. The van der Waals surface area contributed by atoms with Crippen LogP contribution in [0.1, 0.15) is 69.4 Å². The molecule has 30 heavy (non-hydrogen) atoms. The van der Waals surface area contributed by atoms with Gasteiger partial charge in [-0.25, -0.2) is 5.43 Å². The van der Waals surface area contributed by atoms with Gasteiger partial charge in [0.25, 0.3) is 0 Å². The summed E-state index contributed by atoms with van der Waals surface area (Å²) in [6, 6.07) is 8.48. The summed E-state index contributed by atoms with van der Waals surface area (Å²) in [4.78, 5) is 18.7. The van der Waals surface area contributed by atoms with Crippen LogP contribution in [0.4, 0.5) is 17.8 Å². The van der Waals surface area contributed by atoms with Crippen molar-refractivity contribution in [1.29, 1.82) is 0 Å². The summed E-state index contributed by atoms with van der Waals surface area (Å²) in [5.41, 5.74) is 5.42. The van der Waals surface area contributed by atoms with E-state index in [-0.39, 0.29) is 0 Å². The number of hydrogen-bond donors (Lipinski definition) is 1. The molecule has 0 spiro atoms. The highest BCUT2D eigenvalue weighted by molar-refractivity contribution is 5.80. The minimum Gasteiger partial charge on any atom is -0.341 e. The van der Waals surface area contributed by atoms with Crippen LogP contribution < -0.4 is 15.2 Å².